The number of anilines is 1. The van der Waals surface area contributed by atoms with Gasteiger partial charge in [0.1, 0.15) is 26.2 Å². The van der Waals surface area contributed by atoms with Crippen molar-refractivity contribution >= 4 is 11.6 Å². The number of amides is 1. The Morgan fingerprint density at radius 1 is 1.21 bits per heavy atom. The largest absolute Gasteiger partial charge is 0.328 e. The standard InChI is InChI=1S/C15H23N3O/c1-12-5-4-6-14(13(12)2)16-15(19)11-18-9-7-17(3)8-10-18/h4-6H,7-11H2,1-3H3,(H,16,19)/p+2. The first-order chi connectivity index (χ1) is 9.06. The smallest absolute Gasteiger partial charge is 0.279 e. The highest BCUT2D eigenvalue weighted by atomic mass is 16.2. The first kappa shape index (κ1) is 14.0. The van der Waals surface area contributed by atoms with E-state index in [1.165, 1.54) is 10.5 Å². The van der Waals surface area contributed by atoms with E-state index in [1.54, 1.807) is 4.90 Å². The Balaban J connectivity index is 1.89. The molecule has 2 rings (SSSR count). The highest BCUT2D eigenvalue weighted by Crippen LogP contribution is 2.17. The summed E-state index contributed by atoms with van der Waals surface area (Å²) in [7, 11) is 2.22. The second-order valence-corrected chi connectivity index (χ2v) is 5.68. The number of carbonyl (C=O) groups excluding carboxylic acids is 1. The van der Waals surface area contributed by atoms with Crippen LogP contribution in [0.15, 0.2) is 18.2 Å². The molecule has 1 aliphatic rings. The Labute approximate surface area is 115 Å². The fraction of sp³-hybridized carbons (Fsp3) is 0.533. The van der Waals surface area contributed by atoms with E-state index in [1.807, 2.05) is 12.1 Å². The van der Waals surface area contributed by atoms with Crippen LogP contribution in [-0.2, 0) is 4.79 Å². The lowest BCUT2D eigenvalue weighted by Gasteiger charge is -2.26. The molecule has 1 aliphatic heterocycles. The van der Waals surface area contributed by atoms with Crippen LogP contribution < -0.4 is 15.1 Å². The summed E-state index contributed by atoms with van der Waals surface area (Å²) >= 11 is 0. The number of hydrogen-bond donors (Lipinski definition) is 3. The molecule has 0 aliphatic carbocycles. The molecule has 3 N–H and O–H groups in total. The number of carbonyl (C=O) groups is 1. The zero-order valence-electron chi connectivity index (χ0n) is 12.2. The summed E-state index contributed by atoms with van der Waals surface area (Å²) in [4.78, 5) is 15.1. The van der Waals surface area contributed by atoms with Crippen LogP contribution >= 0.6 is 0 Å². The molecule has 0 bridgehead atoms. The number of benzene rings is 1. The fourth-order valence-electron chi connectivity index (χ4n) is 2.52. The molecular formula is C15H25N3O+2. The Kier molecular flexibility index (Phi) is 4.56. The van der Waals surface area contributed by atoms with Gasteiger partial charge in [0.15, 0.2) is 6.54 Å². The van der Waals surface area contributed by atoms with Gasteiger partial charge in [-0.3, -0.25) is 4.79 Å². The molecule has 0 atom stereocenters. The number of likely N-dealkylation sites (N-methyl/N-ethyl adjacent to an activating group) is 1. The van der Waals surface area contributed by atoms with E-state index in [-0.39, 0.29) is 5.91 Å². The summed E-state index contributed by atoms with van der Waals surface area (Å²) in [5, 5.41) is 3.04. The number of hydrogen-bond acceptors (Lipinski definition) is 1. The Morgan fingerprint density at radius 3 is 2.58 bits per heavy atom. The van der Waals surface area contributed by atoms with Crippen LogP contribution in [0.2, 0.25) is 0 Å². The van der Waals surface area contributed by atoms with E-state index >= 15 is 0 Å². The molecule has 4 heteroatoms. The number of quaternary nitrogens is 2. The third-order valence-electron chi connectivity index (χ3n) is 4.10. The van der Waals surface area contributed by atoms with Gasteiger partial charge in [-0.1, -0.05) is 12.1 Å². The predicted octanol–water partition coefficient (Wildman–Crippen LogP) is -1.34. The van der Waals surface area contributed by atoms with Gasteiger partial charge in [-0.05, 0) is 31.0 Å². The quantitative estimate of drug-likeness (QED) is 0.620. The van der Waals surface area contributed by atoms with E-state index in [2.05, 4.69) is 32.3 Å². The molecule has 1 aromatic carbocycles. The summed E-state index contributed by atoms with van der Waals surface area (Å²) in [6.07, 6.45) is 0. The molecule has 1 fully saturated rings. The zero-order valence-corrected chi connectivity index (χ0v) is 12.2. The van der Waals surface area contributed by atoms with Gasteiger partial charge in [0.2, 0.25) is 0 Å². The lowest BCUT2D eigenvalue weighted by molar-refractivity contribution is -0.999. The fourth-order valence-corrected chi connectivity index (χ4v) is 2.52. The van der Waals surface area contributed by atoms with Crippen LogP contribution in [0.5, 0.6) is 0 Å². The van der Waals surface area contributed by atoms with E-state index in [0.717, 1.165) is 37.4 Å². The highest BCUT2D eigenvalue weighted by molar-refractivity contribution is 5.92. The molecular weight excluding hydrogens is 238 g/mol. The third-order valence-corrected chi connectivity index (χ3v) is 4.10. The number of nitrogens with one attached hydrogen (secondary N) is 3. The van der Waals surface area contributed by atoms with Crippen LogP contribution in [0.1, 0.15) is 11.1 Å². The minimum atomic E-state index is 0.128. The van der Waals surface area contributed by atoms with Gasteiger partial charge in [0, 0.05) is 5.69 Å². The van der Waals surface area contributed by atoms with Crippen LogP contribution in [0, 0.1) is 13.8 Å². The summed E-state index contributed by atoms with van der Waals surface area (Å²) in [5.74, 6) is 0.128. The molecule has 0 radical (unpaired) electrons. The maximum Gasteiger partial charge on any atom is 0.279 e. The second-order valence-electron chi connectivity index (χ2n) is 5.68. The minimum Gasteiger partial charge on any atom is -0.328 e. The van der Waals surface area contributed by atoms with Gasteiger partial charge in [-0.2, -0.15) is 0 Å². The summed E-state index contributed by atoms with van der Waals surface area (Å²) in [6, 6.07) is 6.03. The molecule has 19 heavy (non-hydrogen) atoms. The first-order valence-electron chi connectivity index (χ1n) is 7.07. The van der Waals surface area contributed by atoms with Gasteiger partial charge in [0.25, 0.3) is 5.91 Å². The van der Waals surface area contributed by atoms with E-state index in [9.17, 15) is 4.79 Å². The van der Waals surface area contributed by atoms with Crippen molar-refractivity contribution in [1.29, 1.82) is 0 Å². The van der Waals surface area contributed by atoms with Crippen LogP contribution in [0.4, 0.5) is 5.69 Å². The minimum absolute atomic E-state index is 0.128. The monoisotopic (exact) mass is 263 g/mol. The zero-order chi connectivity index (χ0) is 13.8. The van der Waals surface area contributed by atoms with Crippen molar-refractivity contribution in [3.8, 4) is 0 Å². The maximum atomic E-state index is 12.1. The lowest BCUT2D eigenvalue weighted by atomic mass is 10.1. The van der Waals surface area contributed by atoms with Crippen molar-refractivity contribution in [3.63, 3.8) is 0 Å². The molecule has 0 saturated carbocycles. The predicted molar refractivity (Wildman–Crippen MR) is 76.7 cm³/mol. The summed E-state index contributed by atoms with van der Waals surface area (Å²) in [5.41, 5.74) is 3.33. The highest BCUT2D eigenvalue weighted by Gasteiger charge is 2.22. The summed E-state index contributed by atoms with van der Waals surface area (Å²) in [6.45, 7) is 9.20. The molecule has 1 heterocycles. The number of piperazine rings is 1. The van der Waals surface area contributed by atoms with E-state index in [4.69, 9.17) is 0 Å². The van der Waals surface area contributed by atoms with Gasteiger partial charge in [0.05, 0.1) is 7.05 Å². The molecule has 1 amide bonds. The van der Waals surface area contributed by atoms with E-state index in [0.29, 0.717) is 6.54 Å². The van der Waals surface area contributed by atoms with Crippen LogP contribution in [-0.4, -0.2) is 45.7 Å². The van der Waals surface area contributed by atoms with Gasteiger partial charge in [-0.15, -0.1) is 0 Å². The van der Waals surface area contributed by atoms with Crippen molar-refractivity contribution in [2.45, 2.75) is 13.8 Å². The SMILES string of the molecule is Cc1cccc(NC(=O)C[NH+]2CC[NH+](C)CC2)c1C. The molecule has 0 aromatic heterocycles. The lowest BCUT2D eigenvalue weighted by Crippen LogP contribution is -3.27. The van der Waals surface area contributed by atoms with Crippen molar-refractivity contribution in [2.75, 3.05) is 45.1 Å². The molecule has 4 nitrogen and oxygen atoms in total. The van der Waals surface area contributed by atoms with Gasteiger partial charge in [-0.25, -0.2) is 0 Å². The average molecular weight is 263 g/mol. The second kappa shape index (κ2) is 6.17. The molecule has 0 unspecified atom stereocenters. The van der Waals surface area contributed by atoms with Crippen LogP contribution in [0.3, 0.4) is 0 Å². The molecule has 1 saturated heterocycles. The summed E-state index contributed by atoms with van der Waals surface area (Å²) < 4.78 is 0. The van der Waals surface area contributed by atoms with Crippen molar-refractivity contribution < 1.29 is 14.6 Å². The van der Waals surface area contributed by atoms with Gasteiger partial charge < -0.3 is 15.1 Å². The molecule has 0 spiro atoms. The third kappa shape index (κ3) is 3.78. The topological polar surface area (TPSA) is 38.0 Å². The Morgan fingerprint density at radius 2 is 1.89 bits per heavy atom. The van der Waals surface area contributed by atoms with E-state index < -0.39 is 0 Å². The Bertz CT molecular complexity index is 451. The van der Waals surface area contributed by atoms with Crippen molar-refractivity contribution in [2.24, 2.45) is 0 Å². The maximum absolute atomic E-state index is 12.1. The van der Waals surface area contributed by atoms with Crippen molar-refractivity contribution in [3.05, 3.63) is 29.3 Å². The molecule has 104 valence electrons. The molecule has 1 aromatic rings. The number of aryl methyl sites for hydroxylation is 1. The normalized spacial score (nSPS) is 23.1. The Hall–Kier alpha value is -1.39. The number of rotatable bonds is 3. The van der Waals surface area contributed by atoms with Gasteiger partial charge >= 0.3 is 0 Å². The van der Waals surface area contributed by atoms with Crippen molar-refractivity contribution in [1.82, 2.24) is 0 Å². The first-order valence-corrected chi connectivity index (χ1v) is 7.07. The average Bonchev–Trinajstić information content (AvgIpc) is 2.38. The van der Waals surface area contributed by atoms with Crippen LogP contribution in [0.25, 0.3) is 0 Å².